The smallest absolute Gasteiger partial charge is 0.207 e. The summed E-state index contributed by atoms with van der Waals surface area (Å²) in [6.45, 7) is 3.46. The molecule has 0 saturated heterocycles. The molecule has 0 bridgehead atoms. The van der Waals surface area contributed by atoms with Gasteiger partial charge >= 0.3 is 0 Å². The molecule has 1 N–H and O–H groups in total. The highest BCUT2D eigenvalue weighted by Crippen LogP contribution is 2.24. The fraction of sp³-hybridized carbons (Fsp3) is 0.308. The number of benzene rings is 1. The van der Waals surface area contributed by atoms with Gasteiger partial charge in [0.25, 0.3) is 0 Å². The number of halogens is 1. The van der Waals surface area contributed by atoms with Gasteiger partial charge in [0.15, 0.2) is 0 Å². The molecule has 1 heterocycles. The van der Waals surface area contributed by atoms with Crippen molar-refractivity contribution < 1.29 is 4.74 Å². The van der Waals surface area contributed by atoms with Crippen LogP contribution in [0.2, 0.25) is 0 Å². The van der Waals surface area contributed by atoms with Crippen molar-refractivity contribution in [3.8, 4) is 5.69 Å². The number of anilines is 1. The number of aryl methyl sites for hydroxylation is 1. The predicted molar refractivity (Wildman–Crippen MR) is 76.4 cm³/mol. The zero-order chi connectivity index (χ0) is 13.0. The van der Waals surface area contributed by atoms with Gasteiger partial charge in [-0.3, -0.25) is 4.57 Å². The second-order valence-electron chi connectivity index (χ2n) is 4.00. The molecular formula is C13H16BrN3O. The third-order valence-electron chi connectivity index (χ3n) is 2.59. The van der Waals surface area contributed by atoms with Crippen molar-refractivity contribution in [1.29, 1.82) is 0 Å². The van der Waals surface area contributed by atoms with Gasteiger partial charge in [0.2, 0.25) is 5.95 Å². The first-order valence-electron chi connectivity index (χ1n) is 5.75. The molecule has 2 aromatic rings. The van der Waals surface area contributed by atoms with Gasteiger partial charge in [-0.2, -0.15) is 0 Å². The van der Waals surface area contributed by atoms with E-state index in [0.717, 1.165) is 22.7 Å². The van der Waals surface area contributed by atoms with Gasteiger partial charge in [0, 0.05) is 30.5 Å². The average molecular weight is 310 g/mol. The summed E-state index contributed by atoms with van der Waals surface area (Å²) in [5, 5.41) is 3.25. The van der Waals surface area contributed by atoms with Gasteiger partial charge in [-0.1, -0.05) is 6.07 Å². The summed E-state index contributed by atoms with van der Waals surface area (Å²) in [5.41, 5.74) is 2.29. The van der Waals surface area contributed by atoms with Crippen LogP contribution >= 0.6 is 15.9 Å². The van der Waals surface area contributed by atoms with Crippen LogP contribution in [0.4, 0.5) is 5.95 Å². The van der Waals surface area contributed by atoms with Crippen molar-refractivity contribution in [3.63, 3.8) is 0 Å². The van der Waals surface area contributed by atoms with Crippen LogP contribution in [-0.4, -0.2) is 29.8 Å². The highest BCUT2D eigenvalue weighted by atomic mass is 79.9. The zero-order valence-corrected chi connectivity index (χ0v) is 12.1. The molecule has 0 spiro atoms. The Morgan fingerprint density at radius 2 is 2.28 bits per heavy atom. The van der Waals surface area contributed by atoms with Crippen molar-refractivity contribution in [1.82, 2.24) is 9.55 Å². The molecule has 5 heteroatoms. The summed E-state index contributed by atoms with van der Waals surface area (Å²) >= 11 is 3.57. The van der Waals surface area contributed by atoms with E-state index >= 15 is 0 Å². The van der Waals surface area contributed by atoms with E-state index in [0.29, 0.717) is 6.61 Å². The monoisotopic (exact) mass is 309 g/mol. The molecule has 0 atom stereocenters. The zero-order valence-electron chi connectivity index (χ0n) is 10.5. The predicted octanol–water partition coefficient (Wildman–Crippen LogP) is 3.00. The summed E-state index contributed by atoms with van der Waals surface area (Å²) < 4.78 is 8.08. The maximum atomic E-state index is 5.02. The molecule has 0 saturated carbocycles. The number of ether oxygens (including phenoxy) is 1. The number of imidazole rings is 1. The number of nitrogens with one attached hydrogen (secondary N) is 1. The Bertz CT molecular complexity index is 525. The summed E-state index contributed by atoms with van der Waals surface area (Å²) in [6.07, 6.45) is 3.72. The number of nitrogens with zero attached hydrogens (tertiary/aromatic N) is 2. The summed E-state index contributed by atoms with van der Waals surface area (Å²) in [5.74, 6) is 0.818. The Hall–Kier alpha value is -1.33. The van der Waals surface area contributed by atoms with E-state index in [1.165, 1.54) is 5.56 Å². The molecule has 0 aliphatic carbocycles. The summed E-state index contributed by atoms with van der Waals surface area (Å²) in [4.78, 5) is 4.31. The second kappa shape index (κ2) is 6.02. The van der Waals surface area contributed by atoms with Crippen LogP contribution in [0, 0.1) is 6.92 Å². The van der Waals surface area contributed by atoms with E-state index in [4.69, 9.17) is 4.74 Å². The number of methoxy groups -OCH3 is 1. The lowest BCUT2D eigenvalue weighted by Gasteiger charge is -2.11. The molecule has 1 aromatic carbocycles. The Labute approximate surface area is 115 Å². The number of rotatable bonds is 5. The first-order valence-corrected chi connectivity index (χ1v) is 6.54. The van der Waals surface area contributed by atoms with E-state index in [-0.39, 0.29) is 0 Å². The van der Waals surface area contributed by atoms with E-state index in [1.54, 1.807) is 13.3 Å². The molecule has 18 heavy (non-hydrogen) atoms. The van der Waals surface area contributed by atoms with Gasteiger partial charge in [0.1, 0.15) is 0 Å². The number of hydrogen-bond donors (Lipinski definition) is 1. The quantitative estimate of drug-likeness (QED) is 0.863. The van der Waals surface area contributed by atoms with Gasteiger partial charge < -0.3 is 10.1 Å². The Morgan fingerprint density at radius 1 is 1.44 bits per heavy atom. The van der Waals surface area contributed by atoms with Gasteiger partial charge in [-0.15, -0.1) is 0 Å². The summed E-state index contributed by atoms with van der Waals surface area (Å²) in [7, 11) is 1.69. The fourth-order valence-electron chi connectivity index (χ4n) is 1.70. The summed E-state index contributed by atoms with van der Waals surface area (Å²) in [6, 6.07) is 6.24. The molecule has 0 radical (unpaired) electrons. The first-order chi connectivity index (χ1) is 8.72. The van der Waals surface area contributed by atoms with Gasteiger partial charge in [-0.25, -0.2) is 4.98 Å². The normalized spacial score (nSPS) is 10.6. The van der Waals surface area contributed by atoms with Crippen LogP contribution in [-0.2, 0) is 4.74 Å². The number of aromatic nitrogens is 2. The molecule has 0 unspecified atom stereocenters. The lowest BCUT2D eigenvalue weighted by molar-refractivity contribution is 0.210. The SMILES string of the molecule is COCCNc1nccn1-c1cc(C)ccc1Br. The van der Waals surface area contributed by atoms with Crippen molar-refractivity contribution in [2.75, 3.05) is 25.6 Å². The highest BCUT2D eigenvalue weighted by molar-refractivity contribution is 9.10. The van der Waals surface area contributed by atoms with E-state index < -0.39 is 0 Å². The van der Waals surface area contributed by atoms with E-state index in [9.17, 15) is 0 Å². The lowest BCUT2D eigenvalue weighted by Crippen LogP contribution is -2.11. The Kier molecular flexibility index (Phi) is 4.38. The van der Waals surface area contributed by atoms with Crippen molar-refractivity contribution in [2.45, 2.75) is 6.92 Å². The van der Waals surface area contributed by atoms with Crippen LogP contribution in [0.25, 0.3) is 5.69 Å². The molecule has 0 amide bonds. The first kappa shape index (κ1) is 13.1. The van der Waals surface area contributed by atoms with Crippen molar-refractivity contribution in [2.24, 2.45) is 0 Å². The van der Waals surface area contributed by atoms with E-state index in [1.807, 2.05) is 16.8 Å². The largest absolute Gasteiger partial charge is 0.383 e. The van der Waals surface area contributed by atoms with Crippen LogP contribution in [0.15, 0.2) is 35.1 Å². The minimum atomic E-state index is 0.655. The van der Waals surface area contributed by atoms with Crippen LogP contribution in [0.1, 0.15) is 5.56 Å². The van der Waals surface area contributed by atoms with Crippen LogP contribution in [0.5, 0.6) is 0 Å². The molecule has 0 fully saturated rings. The molecule has 96 valence electrons. The fourth-order valence-corrected chi connectivity index (χ4v) is 2.14. The minimum Gasteiger partial charge on any atom is -0.383 e. The van der Waals surface area contributed by atoms with Crippen molar-refractivity contribution in [3.05, 3.63) is 40.6 Å². The van der Waals surface area contributed by atoms with Crippen LogP contribution in [0.3, 0.4) is 0 Å². The van der Waals surface area contributed by atoms with E-state index in [2.05, 4.69) is 45.3 Å². The average Bonchev–Trinajstić information content (AvgIpc) is 2.81. The highest BCUT2D eigenvalue weighted by Gasteiger charge is 2.07. The Morgan fingerprint density at radius 3 is 3.06 bits per heavy atom. The maximum Gasteiger partial charge on any atom is 0.207 e. The topological polar surface area (TPSA) is 39.1 Å². The van der Waals surface area contributed by atoms with Gasteiger partial charge in [-0.05, 0) is 40.5 Å². The minimum absolute atomic E-state index is 0.655. The molecular weight excluding hydrogens is 294 g/mol. The molecule has 0 aliphatic rings. The molecule has 0 aliphatic heterocycles. The molecule has 1 aromatic heterocycles. The standard InChI is InChI=1S/C13H16BrN3O/c1-10-3-4-11(14)12(9-10)17-7-5-15-13(17)16-6-8-18-2/h3-5,7,9H,6,8H2,1-2H3,(H,15,16). The molecule has 2 rings (SSSR count). The Balaban J connectivity index is 2.27. The lowest BCUT2D eigenvalue weighted by atomic mass is 10.2. The van der Waals surface area contributed by atoms with Crippen molar-refractivity contribution >= 4 is 21.9 Å². The molecule has 4 nitrogen and oxygen atoms in total. The maximum absolute atomic E-state index is 5.02. The third kappa shape index (κ3) is 2.91. The second-order valence-corrected chi connectivity index (χ2v) is 4.85. The third-order valence-corrected chi connectivity index (χ3v) is 3.26. The van der Waals surface area contributed by atoms with Crippen LogP contribution < -0.4 is 5.32 Å². The van der Waals surface area contributed by atoms with Gasteiger partial charge in [0.05, 0.1) is 12.3 Å². The number of hydrogen-bond acceptors (Lipinski definition) is 3.